The summed E-state index contributed by atoms with van der Waals surface area (Å²) in [6.45, 7) is 0.469. The largest absolute Gasteiger partial charge is 0.393 e. The Bertz CT molecular complexity index is 362. The SMILES string of the molecule is NC(=S)CCCN1C(=O)CC2(CCCC2)C1=O. The molecule has 1 aliphatic heterocycles. The van der Waals surface area contributed by atoms with E-state index in [1.54, 1.807) is 0 Å². The lowest BCUT2D eigenvalue weighted by Gasteiger charge is -2.20. The van der Waals surface area contributed by atoms with Crippen molar-refractivity contribution in [3.05, 3.63) is 0 Å². The average Bonchev–Trinajstić information content (AvgIpc) is 2.80. The molecular formula is C12H18N2O2S. The van der Waals surface area contributed by atoms with Crippen LogP contribution in [-0.4, -0.2) is 28.2 Å². The normalized spacial score (nSPS) is 22.7. The first-order valence-corrected chi connectivity index (χ1v) is 6.59. The third kappa shape index (κ3) is 2.34. The lowest BCUT2D eigenvalue weighted by atomic mass is 9.84. The zero-order valence-corrected chi connectivity index (χ0v) is 10.7. The van der Waals surface area contributed by atoms with E-state index in [9.17, 15) is 9.59 Å². The Morgan fingerprint density at radius 3 is 2.59 bits per heavy atom. The van der Waals surface area contributed by atoms with Crippen LogP contribution in [0.1, 0.15) is 44.9 Å². The molecular weight excluding hydrogens is 236 g/mol. The zero-order valence-electron chi connectivity index (χ0n) is 9.91. The maximum absolute atomic E-state index is 12.3. The maximum atomic E-state index is 12.3. The van der Waals surface area contributed by atoms with Crippen LogP contribution in [0, 0.1) is 5.41 Å². The van der Waals surface area contributed by atoms with Crippen molar-refractivity contribution in [3.8, 4) is 0 Å². The van der Waals surface area contributed by atoms with Crippen molar-refractivity contribution in [2.45, 2.75) is 44.9 Å². The zero-order chi connectivity index (χ0) is 12.5. The maximum Gasteiger partial charge on any atom is 0.235 e. The standard InChI is InChI=1S/C12H18N2O2S/c13-9(17)4-3-7-14-10(15)8-12(11(14)16)5-1-2-6-12/h1-8H2,(H2,13,17). The van der Waals surface area contributed by atoms with E-state index in [0.717, 1.165) is 25.7 Å². The summed E-state index contributed by atoms with van der Waals surface area (Å²) in [4.78, 5) is 26.0. The first-order valence-electron chi connectivity index (χ1n) is 6.18. The number of likely N-dealkylation sites (tertiary alicyclic amines) is 1. The van der Waals surface area contributed by atoms with Gasteiger partial charge in [-0.25, -0.2) is 0 Å². The summed E-state index contributed by atoms with van der Waals surface area (Å²) >= 11 is 4.78. The van der Waals surface area contributed by atoms with E-state index in [-0.39, 0.29) is 17.2 Å². The van der Waals surface area contributed by atoms with Crippen molar-refractivity contribution in [2.75, 3.05) is 6.54 Å². The molecule has 0 atom stereocenters. The third-order valence-corrected chi connectivity index (χ3v) is 4.06. The summed E-state index contributed by atoms with van der Waals surface area (Å²) in [6, 6.07) is 0. The Morgan fingerprint density at radius 2 is 2.00 bits per heavy atom. The highest BCUT2D eigenvalue weighted by Gasteiger charge is 2.52. The molecule has 1 aliphatic carbocycles. The van der Waals surface area contributed by atoms with Crippen LogP contribution in [0.3, 0.4) is 0 Å². The van der Waals surface area contributed by atoms with Gasteiger partial charge in [0, 0.05) is 13.0 Å². The molecule has 4 nitrogen and oxygen atoms in total. The molecule has 94 valence electrons. The number of thiocarbonyl (C=S) groups is 1. The Kier molecular flexibility index (Phi) is 3.47. The number of nitrogens with zero attached hydrogens (tertiary/aromatic N) is 1. The minimum atomic E-state index is -0.347. The van der Waals surface area contributed by atoms with Gasteiger partial charge in [0.2, 0.25) is 11.8 Å². The molecule has 2 fully saturated rings. The van der Waals surface area contributed by atoms with Crippen LogP contribution in [0.25, 0.3) is 0 Å². The van der Waals surface area contributed by atoms with Crippen molar-refractivity contribution >= 4 is 29.0 Å². The monoisotopic (exact) mass is 254 g/mol. The summed E-state index contributed by atoms with van der Waals surface area (Å²) in [5.74, 6) is 0.0304. The van der Waals surface area contributed by atoms with Gasteiger partial charge in [-0.2, -0.15) is 0 Å². The van der Waals surface area contributed by atoms with Gasteiger partial charge in [-0.15, -0.1) is 0 Å². The Hall–Kier alpha value is -0.970. The molecule has 0 bridgehead atoms. The van der Waals surface area contributed by atoms with Crippen LogP contribution in [0.5, 0.6) is 0 Å². The topological polar surface area (TPSA) is 63.4 Å². The molecule has 2 rings (SSSR count). The number of imide groups is 1. The molecule has 0 unspecified atom stereocenters. The van der Waals surface area contributed by atoms with Crippen LogP contribution < -0.4 is 5.73 Å². The quantitative estimate of drug-likeness (QED) is 0.608. The van der Waals surface area contributed by atoms with E-state index in [1.807, 2.05) is 0 Å². The van der Waals surface area contributed by atoms with Crippen molar-refractivity contribution in [1.29, 1.82) is 0 Å². The Balaban J connectivity index is 1.97. The number of carbonyl (C=O) groups is 2. The summed E-state index contributed by atoms with van der Waals surface area (Å²) in [5, 5.41) is 0. The first kappa shape index (κ1) is 12.5. The average molecular weight is 254 g/mol. The second-order valence-corrected chi connectivity index (χ2v) is 5.61. The highest BCUT2D eigenvalue weighted by molar-refractivity contribution is 7.80. The molecule has 0 aromatic carbocycles. The van der Waals surface area contributed by atoms with E-state index in [2.05, 4.69) is 0 Å². The van der Waals surface area contributed by atoms with Gasteiger partial charge in [-0.1, -0.05) is 25.1 Å². The van der Waals surface area contributed by atoms with Gasteiger partial charge in [0.25, 0.3) is 0 Å². The molecule has 0 aromatic heterocycles. The fourth-order valence-corrected chi connectivity index (χ4v) is 3.08. The summed E-state index contributed by atoms with van der Waals surface area (Å²) in [5.41, 5.74) is 5.06. The predicted molar refractivity (Wildman–Crippen MR) is 68.3 cm³/mol. The van der Waals surface area contributed by atoms with Crippen LogP contribution >= 0.6 is 12.2 Å². The predicted octanol–water partition coefficient (Wildman–Crippen LogP) is 1.37. The molecule has 2 N–H and O–H groups in total. The molecule has 0 aromatic rings. The van der Waals surface area contributed by atoms with E-state index in [1.165, 1.54) is 4.90 Å². The number of carbonyl (C=O) groups excluding carboxylic acids is 2. The van der Waals surface area contributed by atoms with Crippen LogP contribution in [0.2, 0.25) is 0 Å². The van der Waals surface area contributed by atoms with Crippen molar-refractivity contribution in [1.82, 2.24) is 4.90 Å². The molecule has 1 saturated heterocycles. The number of rotatable bonds is 4. The third-order valence-electron chi connectivity index (χ3n) is 3.86. The highest BCUT2D eigenvalue weighted by Crippen LogP contribution is 2.46. The minimum Gasteiger partial charge on any atom is -0.393 e. The van der Waals surface area contributed by atoms with Crippen LogP contribution in [-0.2, 0) is 9.59 Å². The van der Waals surface area contributed by atoms with Crippen LogP contribution in [0.15, 0.2) is 0 Å². The molecule has 2 amide bonds. The van der Waals surface area contributed by atoms with Crippen molar-refractivity contribution < 1.29 is 9.59 Å². The van der Waals surface area contributed by atoms with Crippen LogP contribution in [0.4, 0.5) is 0 Å². The van der Waals surface area contributed by atoms with E-state index < -0.39 is 0 Å². The van der Waals surface area contributed by atoms with Gasteiger partial charge < -0.3 is 5.73 Å². The highest BCUT2D eigenvalue weighted by atomic mass is 32.1. The van der Waals surface area contributed by atoms with Gasteiger partial charge >= 0.3 is 0 Å². The second-order valence-electron chi connectivity index (χ2n) is 5.08. The molecule has 17 heavy (non-hydrogen) atoms. The number of hydrogen-bond acceptors (Lipinski definition) is 3. The van der Waals surface area contributed by atoms with Gasteiger partial charge in [0.1, 0.15) is 0 Å². The van der Waals surface area contributed by atoms with Crippen molar-refractivity contribution in [2.24, 2.45) is 11.1 Å². The summed E-state index contributed by atoms with van der Waals surface area (Å²) in [6.07, 6.45) is 5.59. The smallest absolute Gasteiger partial charge is 0.235 e. The van der Waals surface area contributed by atoms with Gasteiger partial charge in [0.15, 0.2) is 0 Å². The lowest BCUT2D eigenvalue weighted by Crippen LogP contribution is -2.35. The van der Waals surface area contributed by atoms with E-state index in [0.29, 0.717) is 30.8 Å². The fraction of sp³-hybridized carbons (Fsp3) is 0.750. The molecule has 1 heterocycles. The summed E-state index contributed by atoms with van der Waals surface area (Å²) < 4.78 is 0. The van der Waals surface area contributed by atoms with E-state index in [4.69, 9.17) is 18.0 Å². The van der Waals surface area contributed by atoms with Crippen molar-refractivity contribution in [3.63, 3.8) is 0 Å². The molecule has 0 radical (unpaired) electrons. The molecule has 1 spiro atoms. The number of amides is 2. The Morgan fingerprint density at radius 1 is 1.35 bits per heavy atom. The van der Waals surface area contributed by atoms with Gasteiger partial charge in [-0.05, 0) is 25.7 Å². The molecule has 2 aliphatic rings. The molecule has 1 saturated carbocycles. The number of hydrogen-bond donors (Lipinski definition) is 1. The first-order chi connectivity index (χ1) is 8.05. The van der Waals surface area contributed by atoms with E-state index >= 15 is 0 Å². The van der Waals surface area contributed by atoms with Gasteiger partial charge in [0.05, 0.1) is 10.4 Å². The molecule has 5 heteroatoms. The number of nitrogens with two attached hydrogens (primary N) is 1. The second kappa shape index (κ2) is 4.72. The fourth-order valence-electron chi connectivity index (χ4n) is 2.94. The summed E-state index contributed by atoms with van der Waals surface area (Å²) in [7, 11) is 0. The van der Waals surface area contributed by atoms with Gasteiger partial charge in [-0.3, -0.25) is 14.5 Å². The Labute approximate surface area is 107 Å². The minimum absolute atomic E-state index is 0.0140. The lowest BCUT2D eigenvalue weighted by molar-refractivity contribution is -0.141.